The van der Waals surface area contributed by atoms with Gasteiger partial charge >= 0.3 is 0 Å². The first-order valence-electron chi connectivity index (χ1n) is 18.8. The third kappa shape index (κ3) is 5.29. The average molecular weight is 717 g/mol. The van der Waals surface area contributed by atoms with Crippen molar-refractivity contribution >= 4 is 43.7 Å². The van der Waals surface area contributed by atoms with E-state index in [1.54, 1.807) is 0 Å². The molecule has 0 aliphatic carbocycles. The number of rotatable bonds is 6. The summed E-state index contributed by atoms with van der Waals surface area (Å²) in [4.78, 5) is 15.5. The van der Waals surface area contributed by atoms with Gasteiger partial charge < -0.3 is 8.98 Å². The van der Waals surface area contributed by atoms with Crippen molar-refractivity contribution in [3.8, 4) is 62.1 Å². The van der Waals surface area contributed by atoms with Crippen molar-refractivity contribution in [3.63, 3.8) is 0 Å². The molecule has 5 nitrogen and oxygen atoms in total. The number of benzene rings is 8. The molecule has 0 aliphatic heterocycles. The van der Waals surface area contributed by atoms with Gasteiger partial charge in [0.25, 0.3) is 0 Å². The minimum atomic E-state index is 0.600. The van der Waals surface area contributed by atoms with Crippen LogP contribution in [-0.2, 0) is 0 Å². The fraction of sp³-hybridized carbons (Fsp3) is 0. The topological polar surface area (TPSA) is 56.7 Å². The molecule has 11 aromatic rings. The van der Waals surface area contributed by atoms with Crippen LogP contribution in [0.25, 0.3) is 106 Å². The van der Waals surface area contributed by atoms with E-state index in [0.29, 0.717) is 17.5 Å². The molecule has 3 heterocycles. The van der Waals surface area contributed by atoms with E-state index in [0.717, 1.165) is 83.0 Å². The molecule has 0 unspecified atom stereocenters. The summed E-state index contributed by atoms with van der Waals surface area (Å²) < 4.78 is 8.73. The van der Waals surface area contributed by atoms with Crippen LogP contribution in [-0.4, -0.2) is 19.5 Å². The van der Waals surface area contributed by atoms with E-state index in [1.807, 2.05) is 72.8 Å². The Hall–Kier alpha value is -7.63. The van der Waals surface area contributed by atoms with Crippen LogP contribution >= 0.6 is 0 Å². The van der Waals surface area contributed by atoms with E-state index in [9.17, 15) is 0 Å². The lowest BCUT2D eigenvalue weighted by Crippen LogP contribution is -2.05. The Balaban J connectivity index is 1.20. The second-order valence-electron chi connectivity index (χ2n) is 14.0. The van der Waals surface area contributed by atoms with Gasteiger partial charge in [-0.05, 0) is 53.1 Å². The molecule has 0 saturated heterocycles. The summed E-state index contributed by atoms with van der Waals surface area (Å²) in [5, 5.41) is 4.57. The highest BCUT2D eigenvalue weighted by atomic mass is 16.3. The maximum Gasteiger partial charge on any atom is 0.166 e. The predicted molar refractivity (Wildman–Crippen MR) is 229 cm³/mol. The van der Waals surface area contributed by atoms with Gasteiger partial charge in [-0.25, -0.2) is 15.0 Å². The minimum absolute atomic E-state index is 0.600. The second kappa shape index (κ2) is 13.0. The Morgan fingerprint density at radius 1 is 0.321 bits per heavy atom. The molecule has 11 rings (SSSR count). The lowest BCUT2D eigenvalue weighted by atomic mass is 9.98. The van der Waals surface area contributed by atoms with Crippen molar-refractivity contribution in [2.75, 3.05) is 0 Å². The normalized spacial score (nSPS) is 11.6. The number of fused-ring (bicyclic) bond motifs is 6. The molecule has 0 aliphatic rings. The van der Waals surface area contributed by atoms with E-state index in [2.05, 4.69) is 126 Å². The van der Waals surface area contributed by atoms with Crippen molar-refractivity contribution in [1.29, 1.82) is 0 Å². The Morgan fingerprint density at radius 2 is 0.839 bits per heavy atom. The van der Waals surface area contributed by atoms with Crippen LogP contribution in [0, 0.1) is 0 Å². The van der Waals surface area contributed by atoms with Gasteiger partial charge in [0, 0.05) is 43.8 Å². The number of hydrogen-bond donors (Lipinski definition) is 0. The third-order valence-electron chi connectivity index (χ3n) is 10.7. The van der Waals surface area contributed by atoms with E-state index in [4.69, 9.17) is 19.4 Å². The van der Waals surface area contributed by atoms with Gasteiger partial charge in [-0.3, -0.25) is 0 Å². The summed E-state index contributed by atoms with van der Waals surface area (Å²) in [5.74, 6) is 1.84. The van der Waals surface area contributed by atoms with Gasteiger partial charge in [-0.2, -0.15) is 0 Å². The summed E-state index contributed by atoms with van der Waals surface area (Å²) in [7, 11) is 0. The maximum atomic E-state index is 6.33. The van der Waals surface area contributed by atoms with Gasteiger partial charge in [0.2, 0.25) is 0 Å². The minimum Gasteiger partial charge on any atom is -0.456 e. The highest BCUT2D eigenvalue weighted by molar-refractivity contribution is 6.12. The molecule has 0 bridgehead atoms. The van der Waals surface area contributed by atoms with Crippen LogP contribution < -0.4 is 0 Å². The van der Waals surface area contributed by atoms with E-state index < -0.39 is 0 Å². The highest BCUT2D eigenvalue weighted by Crippen LogP contribution is 2.42. The molecule has 262 valence electrons. The molecule has 0 fully saturated rings. The molecule has 0 saturated carbocycles. The third-order valence-corrected chi connectivity index (χ3v) is 10.7. The molecule has 5 heteroatoms. The van der Waals surface area contributed by atoms with Crippen molar-refractivity contribution in [2.45, 2.75) is 0 Å². The number of furan rings is 1. The largest absolute Gasteiger partial charge is 0.456 e. The molecule has 8 aromatic carbocycles. The quantitative estimate of drug-likeness (QED) is 0.172. The van der Waals surface area contributed by atoms with E-state index in [1.165, 1.54) is 5.39 Å². The fourth-order valence-electron chi connectivity index (χ4n) is 8.04. The molecular formula is C51H32N4O. The summed E-state index contributed by atoms with van der Waals surface area (Å²) >= 11 is 0. The lowest BCUT2D eigenvalue weighted by Gasteiger charge is -2.19. The Morgan fingerprint density at radius 3 is 1.55 bits per heavy atom. The zero-order valence-corrected chi connectivity index (χ0v) is 30.2. The first-order chi connectivity index (χ1) is 27.8. The van der Waals surface area contributed by atoms with Crippen LogP contribution in [0.3, 0.4) is 0 Å². The molecule has 3 aromatic heterocycles. The van der Waals surface area contributed by atoms with Crippen LogP contribution in [0.4, 0.5) is 0 Å². The van der Waals surface area contributed by atoms with Crippen LogP contribution in [0.15, 0.2) is 199 Å². The number of nitrogens with zero attached hydrogens (tertiary/aromatic N) is 4. The Bertz CT molecular complexity index is 3180. The second-order valence-corrected chi connectivity index (χ2v) is 14.0. The van der Waals surface area contributed by atoms with Gasteiger partial charge in [-0.1, -0.05) is 158 Å². The fourth-order valence-corrected chi connectivity index (χ4v) is 8.04. The SMILES string of the molecule is c1ccc(-c2nc(-c3ccccc3)nc(-c3cccc(-c4ccccc4)c3-n3c4ccccc4c4ccc(-c5ccc6c(c5)oc5ccccc56)cc43)n2)cc1. The van der Waals surface area contributed by atoms with Crippen molar-refractivity contribution in [2.24, 2.45) is 0 Å². The van der Waals surface area contributed by atoms with E-state index >= 15 is 0 Å². The first-order valence-corrected chi connectivity index (χ1v) is 18.8. The number of hydrogen-bond acceptors (Lipinski definition) is 4. The van der Waals surface area contributed by atoms with Gasteiger partial charge in [0.1, 0.15) is 11.2 Å². The molecule has 0 radical (unpaired) electrons. The zero-order valence-electron chi connectivity index (χ0n) is 30.2. The summed E-state index contributed by atoms with van der Waals surface area (Å²) in [6.45, 7) is 0. The number of aromatic nitrogens is 4. The Labute approximate surface area is 322 Å². The molecule has 0 N–H and O–H groups in total. The van der Waals surface area contributed by atoms with E-state index in [-0.39, 0.29) is 0 Å². The van der Waals surface area contributed by atoms with Crippen LogP contribution in [0.2, 0.25) is 0 Å². The molecule has 0 amide bonds. The standard InChI is InChI=1S/C51H32N4O/c1-4-15-33(16-5-1)38-23-14-24-43(51-53-49(34-17-6-2-7-18-34)52-50(54-51)35-19-8-3-9-20-35)48(38)55-44-25-12-10-21-39(44)40-29-27-36(31-45(40)55)37-28-30-42-41-22-11-13-26-46(41)56-47(42)32-37/h1-32H. The van der Waals surface area contributed by atoms with Gasteiger partial charge in [0.15, 0.2) is 17.5 Å². The van der Waals surface area contributed by atoms with Crippen molar-refractivity contribution in [3.05, 3.63) is 194 Å². The zero-order chi connectivity index (χ0) is 37.0. The average Bonchev–Trinajstić information content (AvgIpc) is 3.82. The summed E-state index contributed by atoms with van der Waals surface area (Å²) in [6.07, 6.45) is 0. The molecular weight excluding hydrogens is 685 g/mol. The van der Waals surface area contributed by atoms with Gasteiger partial charge in [0.05, 0.1) is 16.7 Å². The molecule has 0 spiro atoms. The van der Waals surface area contributed by atoms with Gasteiger partial charge in [-0.15, -0.1) is 0 Å². The maximum absolute atomic E-state index is 6.33. The monoisotopic (exact) mass is 716 g/mol. The first kappa shape index (κ1) is 31.9. The lowest BCUT2D eigenvalue weighted by molar-refractivity contribution is 0.669. The highest BCUT2D eigenvalue weighted by Gasteiger charge is 2.23. The summed E-state index contributed by atoms with van der Waals surface area (Å²) in [5.41, 5.74) is 12.1. The molecule has 0 atom stereocenters. The molecule has 56 heavy (non-hydrogen) atoms. The van der Waals surface area contributed by atoms with Crippen LogP contribution in [0.1, 0.15) is 0 Å². The number of para-hydroxylation sites is 3. The summed E-state index contributed by atoms with van der Waals surface area (Å²) in [6, 6.07) is 67.5. The van der Waals surface area contributed by atoms with Crippen LogP contribution in [0.5, 0.6) is 0 Å². The Kier molecular flexibility index (Phi) is 7.42. The predicted octanol–water partition coefficient (Wildman–Crippen LogP) is 13.2. The van der Waals surface area contributed by atoms with Crippen molar-refractivity contribution in [1.82, 2.24) is 19.5 Å². The smallest absolute Gasteiger partial charge is 0.166 e. The van der Waals surface area contributed by atoms with Crippen molar-refractivity contribution < 1.29 is 4.42 Å².